The Morgan fingerprint density at radius 2 is 2.22 bits per heavy atom. The lowest BCUT2D eigenvalue weighted by Crippen LogP contribution is -2.41. The standard InChI is InChI=1S/C13H20N2O3/c1-2-5-14-13(17)10-8-12(16)15(9-10)11-3-6-18-7-4-11/h2,10-11H,1,3-9H2,(H,14,17). The minimum absolute atomic E-state index is 0.0437. The molecule has 2 heterocycles. The predicted octanol–water partition coefficient (Wildman–Crippen LogP) is 0.316. The molecule has 1 N–H and O–H groups in total. The first-order valence-electron chi connectivity index (χ1n) is 6.48. The normalized spacial score (nSPS) is 25.2. The molecule has 2 fully saturated rings. The Hall–Kier alpha value is -1.36. The Kier molecular flexibility index (Phi) is 4.36. The number of carbonyl (C=O) groups is 2. The van der Waals surface area contributed by atoms with Crippen molar-refractivity contribution in [2.75, 3.05) is 26.3 Å². The second-order valence-corrected chi connectivity index (χ2v) is 4.82. The van der Waals surface area contributed by atoms with Crippen molar-refractivity contribution in [3.05, 3.63) is 12.7 Å². The second-order valence-electron chi connectivity index (χ2n) is 4.82. The minimum atomic E-state index is -0.208. The van der Waals surface area contributed by atoms with E-state index in [2.05, 4.69) is 11.9 Å². The zero-order valence-electron chi connectivity index (χ0n) is 10.6. The lowest BCUT2D eigenvalue weighted by atomic mass is 10.1. The van der Waals surface area contributed by atoms with Gasteiger partial charge in [0.2, 0.25) is 11.8 Å². The molecule has 2 aliphatic rings. The number of likely N-dealkylation sites (tertiary alicyclic amines) is 1. The molecule has 2 amide bonds. The Morgan fingerprint density at radius 3 is 2.89 bits per heavy atom. The summed E-state index contributed by atoms with van der Waals surface area (Å²) in [4.78, 5) is 25.6. The number of hydrogen-bond donors (Lipinski definition) is 1. The van der Waals surface area contributed by atoms with Crippen LogP contribution in [0.4, 0.5) is 0 Å². The van der Waals surface area contributed by atoms with Crippen molar-refractivity contribution in [1.82, 2.24) is 10.2 Å². The minimum Gasteiger partial charge on any atom is -0.381 e. The van der Waals surface area contributed by atoms with Gasteiger partial charge in [0.1, 0.15) is 0 Å². The molecule has 100 valence electrons. The molecule has 2 rings (SSSR count). The van der Waals surface area contributed by atoms with Crippen LogP contribution in [-0.4, -0.2) is 49.1 Å². The Balaban J connectivity index is 1.89. The van der Waals surface area contributed by atoms with E-state index in [1.807, 2.05) is 4.90 Å². The van der Waals surface area contributed by atoms with Crippen LogP contribution < -0.4 is 5.32 Å². The molecule has 2 saturated heterocycles. The highest BCUT2D eigenvalue weighted by atomic mass is 16.5. The van der Waals surface area contributed by atoms with Gasteiger partial charge in [0.05, 0.1) is 5.92 Å². The van der Waals surface area contributed by atoms with Gasteiger partial charge >= 0.3 is 0 Å². The van der Waals surface area contributed by atoms with Gasteiger partial charge in [-0.3, -0.25) is 9.59 Å². The molecule has 2 aliphatic heterocycles. The van der Waals surface area contributed by atoms with E-state index in [9.17, 15) is 9.59 Å². The van der Waals surface area contributed by atoms with Crippen molar-refractivity contribution in [1.29, 1.82) is 0 Å². The van der Waals surface area contributed by atoms with Gasteiger partial charge in [-0.2, -0.15) is 0 Å². The van der Waals surface area contributed by atoms with E-state index in [1.54, 1.807) is 6.08 Å². The quantitative estimate of drug-likeness (QED) is 0.733. The summed E-state index contributed by atoms with van der Waals surface area (Å²) in [5, 5.41) is 2.76. The van der Waals surface area contributed by atoms with Gasteiger partial charge < -0.3 is 15.0 Å². The van der Waals surface area contributed by atoms with Gasteiger partial charge in [-0.05, 0) is 12.8 Å². The summed E-state index contributed by atoms with van der Waals surface area (Å²) in [6.45, 7) is 5.98. The summed E-state index contributed by atoms with van der Waals surface area (Å²) in [6, 6.07) is 0.253. The Morgan fingerprint density at radius 1 is 1.50 bits per heavy atom. The maximum atomic E-state index is 11.9. The largest absolute Gasteiger partial charge is 0.381 e. The van der Waals surface area contributed by atoms with E-state index < -0.39 is 0 Å². The lowest BCUT2D eigenvalue weighted by Gasteiger charge is -2.31. The molecule has 0 radical (unpaired) electrons. The number of nitrogens with one attached hydrogen (secondary N) is 1. The zero-order valence-corrected chi connectivity index (χ0v) is 10.6. The highest BCUT2D eigenvalue weighted by Crippen LogP contribution is 2.24. The third-order valence-electron chi connectivity index (χ3n) is 3.58. The topological polar surface area (TPSA) is 58.6 Å². The van der Waals surface area contributed by atoms with E-state index in [0.717, 1.165) is 12.8 Å². The maximum absolute atomic E-state index is 11.9. The van der Waals surface area contributed by atoms with Gasteiger partial charge in [-0.25, -0.2) is 0 Å². The highest BCUT2D eigenvalue weighted by molar-refractivity contribution is 5.89. The van der Waals surface area contributed by atoms with Crippen LogP contribution in [0, 0.1) is 5.92 Å². The average molecular weight is 252 g/mol. The molecular formula is C13H20N2O3. The van der Waals surface area contributed by atoms with Crippen LogP contribution in [0.3, 0.4) is 0 Å². The molecule has 1 unspecified atom stereocenters. The first-order chi connectivity index (χ1) is 8.72. The molecule has 5 heteroatoms. The molecule has 0 aliphatic carbocycles. The van der Waals surface area contributed by atoms with Crippen molar-refractivity contribution < 1.29 is 14.3 Å². The lowest BCUT2D eigenvalue weighted by molar-refractivity contribution is -0.131. The number of ether oxygens (including phenoxy) is 1. The van der Waals surface area contributed by atoms with E-state index in [0.29, 0.717) is 32.7 Å². The van der Waals surface area contributed by atoms with Crippen molar-refractivity contribution >= 4 is 11.8 Å². The van der Waals surface area contributed by atoms with Crippen molar-refractivity contribution in [2.24, 2.45) is 5.92 Å². The SMILES string of the molecule is C=CCNC(=O)C1CC(=O)N(C2CCOCC2)C1. The van der Waals surface area contributed by atoms with E-state index in [-0.39, 0.29) is 23.8 Å². The van der Waals surface area contributed by atoms with Crippen LogP contribution in [0.2, 0.25) is 0 Å². The number of amides is 2. The molecule has 0 aromatic carbocycles. The summed E-state index contributed by atoms with van der Waals surface area (Å²) in [7, 11) is 0. The van der Waals surface area contributed by atoms with E-state index in [4.69, 9.17) is 4.74 Å². The first-order valence-corrected chi connectivity index (χ1v) is 6.48. The molecule has 0 aromatic heterocycles. The molecule has 0 bridgehead atoms. The van der Waals surface area contributed by atoms with Crippen LogP contribution in [-0.2, 0) is 14.3 Å². The molecule has 0 spiro atoms. The number of hydrogen-bond acceptors (Lipinski definition) is 3. The summed E-state index contributed by atoms with van der Waals surface area (Å²) in [5.41, 5.74) is 0. The molecular weight excluding hydrogens is 232 g/mol. The summed E-state index contributed by atoms with van der Waals surface area (Å²) < 4.78 is 5.29. The molecule has 0 saturated carbocycles. The fourth-order valence-electron chi connectivity index (χ4n) is 2.57. The second kappa shape index (κ2) is 6.00. The maximum Gasteiger partial charge on any atom is 0.225 e. The van der Waals surface area contributed by atoms with Crippen LogP contribution >= 0.6 is 0 Å². The van der Waals surface area contributed by atoms with Crippen LogP contribution in [0.5, 0.6) is 0 Å². The summed E-state index contributed by atoms with van der Waals surface area (Å²) in [6.07, 6.45) is 3.74. The van der Waals surface area contributed by atoms with Gasteiger partial charge in [-0.1, -0.05) is 6.08 Å². The van der Waals surface area contributed by atoms with Gasteiger partial charge in [0.25, 0.3) is 0 Å². The van der Waals surface area contributed by atoms with Crippen LogP contribution in [0.25, 0.3) is 0 Å². The Bertz CT molecular complexity index is 337. The van der Waals surface area contributed by atoms with E-state index in [1.165, 1.54) is 0 Å². The Labute approximate surface area is 107 Å². The van der Waals surface area contributed by atoms with Crippen molar-refractivity contribution in [3.8, 4) is 0 Å². The van der Waals surface area contributed by atoms with Gasteiger partial charge in [-0.15, -0.1) is 6.58 Å². The fourth-order valence-corrected chi connectivity index (χ4v) is 2.57. The number of carbonyl (C=O) groups excluding carboxylic acids is 2. The molecule has 18 heavy (non-hydrogen) atoms. The molecule has 1 atom stereocenters. The average Bonchev–Trinajstić information content (AvgIpc) is 2.79. The van der Waals surface area contributed by atoms with Crippen molar-refractivity contribution in [3.63, 3.8) is 0 Å². The third-order valence-corrected chi connectivity index (χ3v) is 3.58. The monoisotopic (exact) mass is 252 g/mol. The molecule has 5 nitrogen and oxygen atoms in total. The first kappa shape index (κ1) is 13.1. The molecule has 0 aromatic rings. The zero-order chi connectivity index (χ0) is 13.0. The van der Waals surface area contributed by atoms with Gasteiger partial charge in [0.15, 0.2) is 0 Å². The smallest absolute Gasteiger partial charge is 0.225 e. The number of rotatable bonds is 4. The summed E-state index contributed by atoms with van der Waals surface area (Å²) >= 11 is 0. The van der Waals surface area contributed by atoms with Gasteiger partial charge in [0, 0.05) is 38.8 Å². The van der Waals surface area contributed by atoms with Crippen molar-refractivity contribution in [2.45, 2.75) is 25.3 Å². The van der Waals surface area contributed by atoms with Crippen LogP contribution in [0.1, 0.15) is 19.3 Å². The summed E-state index contributed by atoms with van der Waals surface area (Å²) in [5.74, 6) is -0.154. The van der Waals surface area contributed by atoms with E-state index >= 15 is 0 Å². The number of nitrogens with zero attached hydrogens (tertiary/aromatic N) is 1. The third kappa shape index (κ3) is 2.90. The highest BCUT2D eigenvalue weighted by Gasteiger charge is 2.37. The predicted molar refractivity (Wildman–Crippen MR) is 66.9 cm³/mol. The fraction of sp³-hybridized carbons (Fsp3) is 0.692. The van der Waals surface area contributed by atoms with Crippen LogP contribution in [0.15, 0.2) is 12.7 Å².